The third kappa shape index (κ3) is 3.27. The van der Waals surface area contributed by atoms with Crippen LogP contribution >= 0.6 is 0 Å². The highest BCUT2D eigenvalue weighted by Gasteiger charge is 2.41. The quantitative estimate of drug-likeness (QED) is 0.841. The number of nitrogens with one attached hydrogen (secondary N) is 1. The van der Waals surface area contributed by atoms with E-state index in [0.29, 0.717) is 12.8 Å². The molecule has 2 atom stereocenters. The predicted molar refractivity (Wildman–Crippen MR) is 89.1 cm³/mol. The van der Waals surface area contributed by atoms with Crippen LogP contribution in [-0.2, 0) is 9.59 Å². The summed E-state index contributed by atoms with van der Waals surface area (Å²) in [5.74, 6) is -0.172. The van der Waals surface area contributed by atoms with Crippen LogP contribution < -0.4 is 5.32 Å². The second kappa shape index (κ2) is 7.03. The molecule has 24 heavy (non-hydrogen) atoms. The number of imide groups is 1. The fourth-order valence-electron chi connectivity index (χ4n) is 3.38. The van der Waals surface area contributed by atoms with Crippen LogP contribution in [0.3, 0.4) is 0 Å². The van der Waals surface area contributed by atoms with Gasteiger partial charge in [-0.25, -0.2) is 4.79 Å². The zero-order valence-corrected chi connectivity index (χ0v) is 13.9. The molecule has 0 aromatic heterocycles. The molecule has 2 aliphatic rings. The molecular weight excluding hydrogens is 306 g/mol. The molecule has 0 saturated carbocycles. The second-order valence-electron chi connectivity index (χ2n) is 6.42. The lowest BCUT2D eigenvalue weighted by atomic mass is 10.1. The Morgan fingerprint density at radius 2 is 1.88 bits per heavy atom. The number of urea groups is 1. The van der Waals surface area contributed by atoms with Crippen molar-refractivity contribution in [1.29, 1.82) is 0 Å². The molecule has 2 heterocycles. The van der Waals surface area contributed by atoms with Gasteiger partial charge in [0.15, 0.2) is 0 Å². The summed E-state index contributed by atoms with van der Waals surface area (Å²) in [5, 5.41) is 2.72. The molecule has 0 radical (unpaired) electrons. The minimum Gasteiger partial charge on any atom is -0.343 e. The number of nitrogens with zero attached hydrogens (tertiary/aromatic N) is 2. The first-order valence-corrected chi connectivity index (χ1v) is 8.54. The van der Waals surface area contributed by atoms with Gasteiger partial charge in [-0.3, -0.25) is 14.5 Å². The van der Waals surface area contributed by atoms with Crippen molar-refractivity contribution in [2.75, 3.05) is 13.1 Å². The highest BCUT2D eigenvalue weighted by molar-refractivity contribution is 6.04. The van der Waals surface area contributed by atoms with E-state index in [1.54, 1.807) is 0 Å². The molecule has 0 unspecified atom stereocenters. The Balaban J connectivity index is 1.60. The standard InChI is InChI=1S/C18H23N3O3/c1-13(14-7-3-2-4-8-14)21-17(23)15(19-18(21)24)9-10-16(22)20-11-5-6-12-20/h2-4,7-8,13,15H,5-6,9-12H2,1H3,(H,19,24)/t13-,15-/m1/s1. The fraction of sp³-hybridized carbons (Fsp3) is 0.500. The third-order valence-electron chi connectivity index (χ3n) is 4.83. The maximum atomic E-state index is 12.6. The van der Waals surface area contributed by atoms with Crippen molar-refractivity contribution in [3.8, 4) is 0 Å². The molecule has 0 bridgehead atoms. The van der Waals surface area contributed by atoms with Crippen LogP contribution in [0.25, 0.3) is 0 Å². The Hall–Kier alpha value is -2.37. The van der Waals surface area contributed by atoms with E-state index in [1.807, 2.05) is 42.2 Å². The molecule has 2 fully saturated rings. The maximum absolute atomic E-state index is 12.6. The first kappa shape index (κ1) is 16.5. The Labute approximate surface area is 141 Å². The number of hydrogen-bond donors (Lipinski definition) is 1. The van der Waals surface area contributed by atoms with E-state index in [2.05, 4.69) is 5.32 Å². The number of carbonyl (C=O) groups excluding carboxylic acids is 3. The Morgan fingerprint density at radius 1 is 1.21 bits per heavy atom. The van der Waals surface area contributed by atoms with Crippen LogP contribution in [0, 0.1) is 0 Å². The summed E-state index contributed by atoms with van der Waals surface area (Å²) < 4.78 is 0. The van der Waals surface area contributed by atoms with Crippen LogP contribution in [0.5, 0.6) is 0 Å². The molecule has 1 aromatic rings. The van der Waals surface area contributed by atoms with Crippen LogP contribution in [-0.4, -0.2) is 46.8 Å². The summed E-state index contributed by atoms with van der Waals surface area (Å²) in [4.78, 5) is 40.0. The first-order valence-electron chi connectivity index (χ1n) is 8.54. The molecule has 6 heteroatoms. The highest BCUT2D eigenvalue weighted by atomic mass is 16.2. The van der Waals surface area contributed by atoms with Gasteiger partial charge < -0.3 is 10.2 Å². The molecule has 1 N–H and O–H groups in total. The summed E-state index contributed by atoms with van der Waals surface area (Å²) in [6, 6.07) is 8.16. The highest BCUT2D eigenvalue weighted by Crippen LogP contribution is 2.25. The zero-order chi connectivity index (χ0) is 17.1. The molecule has 128 valence electrons. The van der Waals surface area contributed by atoms with Crippen molar-refractivity contribution in [1.82, 2.24) is 15.1 Å². The van der Waals surface area contributed by atoms with E-state index in [1.165, 1.54) is 4.90 Å². The number of amides is 4. The fourth-order valence-corrected chi connectivity index (χ4v) is 3.38. The van der Waals surface area contributed by atoms with Crippen molar-refractivity contribution < 1.29 is 14.4 Å². The molecule has 6 nitrogen and oxygen atoms in total. The van der Waals surface area contributed by atoms with Crippen LogP contribution in [0.1, 0.15) is 44.2 Å². The number of benzene rings is 1. The monoisotopic (exact) mass is 329 g/mol. The Kier molecular flexibility index (Phi) is 4.83. The van der Waals surface area contributed by atoms with Gasteiger partial charge in [0.25, 0.3) is 5.91 Å². The van der Waals surface area contributed by atoms with Gasteiger partial charge in [-0.05, 0) is 31.7 Å². The first-order chi connectivity index (χ1) is 11.6. The van der Waals surface area contributed by atoms with Crippen molar-refractivity contribution >= 4 is 17.8 Å². The topological polar surface area (TPSA) is 69.7 Å². The average molecular weight is 329 g/mol. The number of rotatable bonds is 5. The molecule has 4 amide bonds. The summed E-state index contributed by atoms with van der Waals surface area (Å²) in [5.41, 5.74) is 0.912. The molecule has 0 spiro atoms. The number of hydrogen-bond acceptors (Lipinski definition) is 3. The van der Waals surface area contributed by atoms with Crippen LogP contribution in [0.15, 0.2) is 30.3 Å². The van der Waals surface area contributed by atoms with Gasteiger partial charge in [-0.15, -0.1) is 0 Å². The molecular formula is C18H23N3O3. The third-order valence-corrected chi connectivity index (χ3v) is 4.83. The van der Waals surface area contributed by atoms with E-state index in [4.69, 9.17) is 0 Å². The lowest BCUT2D eigenvalue weighted by molar-refractivity contribution is -0.131. The van der Waals surface area contributed by atoms with E-state index in [0.717, 1.165) is 31.5 Å². The van der Waals surface area contributed by atoms with E-state index < -0.39 is 6.04 Å². The summed E-state index contributed by atoms with van der Waals surface area (Å²) >= 11 is 0. The number of carbonyl (C=O) groups is 3. The van der Waals surface area contributed by atoms with E-state index >= 15 is 0 Å². The Morgan fingerprint density at radius 3 is 2.54 bits per heavy atom. The van der Waals surface area contributed by atoms with E-state index in [-0.39, 0.29) is 23.9 Å². The summed E-state index contributed by atoms with van der Waals surface area (Å²) in [6.07, 6.45) is 2.75. The van der Waals surface area contributed by atoms with Gasteiger partial charge >= 0.3 is 6.03 Å². The lowest BCUT2D eigenvalue weighted by Crippen LogP contribution is -2.34. The van der Waals surface area contributed by atoms with Crippen LogP contribution in [0.4, 0.5) is 4.79 Å². The SMILES string of the molecule is C[C@H](c1ccccc1)N1C(=O)N[C@H](CCC(=O)N2CCCC2)C1=O. The molecule has 3 rings (SSSR count). The number of likely N-dealkylation sites (tertiary alicyclic amines) is 1. The molecule has 0 aliphatic carbocycles. The van der Waals surface area contributed by atoms with Crippen LogP contribution in [0.2, 0.25) is 0 Å². The van der Waals surface area contributed by atoms with E-state index in [9.17, 15) is 14.4 Å². The van der Waals surface area contributed by atoms with Gasteiger partial charge in [0.2, 0.25) is 5.91 Å². The van der Waals surface area contributed by atoms with Crippen molar-refractivity contribution in [3.63, 3.8) is 0 Å². The van der Waals surface area contributed by atoms with Crippen molar-refractivity contribution in [3.05, 3.63) is 35.9 Å². The smallest absolute Gasteiger partial charge is 0.325 e. The largest absolute Gasteiger partial charge is 0.343 e. The molecule has 1 aromatic carbocycles. The second-order valence-corrected chi connectivity index (χ2v) is 6.42. The summed E-state index contributed by atoms with van der Waals surface area (Å²) in [6.45, 7) is 3.45. The average Bonchev–Trinajstić information content (AvgIpc) is 3.22. The zero-order valence-electron chi connectivity index (χ0n) is 13.9. The maximum Gasteiger partial charge on any atom is 0.325 e. The minimum absolute atomic E-state index is 0.0732. The van der Waals surface area contributed by atoms with Gasteiger partial charge in [-0.2, -0.15) is 0 Å². The van der Waals surface area contributed by atoms with Gasteiger partial charge in [0.05, 0.1) is 6.04 Å². The van der Waals surface area contributed by atoms with Gasteiger partial charge in [-0.1, -0.05) is 30.3 Å². The van der Waals surface area contributed by atoms with Gasteiger partial charge in [0.1, 0.15) is 6.04 Å². The molecule has 2 saturated heterocycles. The molecule has 2 aliphatic heterocycles. The summed E-state index contributed by atoms with van der Waals surface area (Å²) in [7, 11) is 0. The predicted octanol–water partition coefficient (Wildman–Crippen LogP) is 2.07. The van der Waals surface area contributed by atoms with Crippen molar-refractivity contribution in [2.45, 2.75) is 44.7 Å². The minimum atomic E-state index is -0.602. The normalized spacial score (nSPS) is 22.0. The lowest BCUT2D eigenvalue weighted by Gasteiger charge is -2.22. The van der Waals surface area contributed by atoms with Gasteiger partial charge in [0, 0.05) is 19.5 Å². The van der Waals surface area contributed by atoms with Crippen molar-refractivity contribution in [2.24, 2.45) is 0 Å². The Bertz CT molecular complexity index is 626.